The van der Waals surface area contributed by atoms with E-state index in [1.165, 1.54) is 6.92 Å². The summed E-state index contributed by atoms with van der Waals surface area (Å²) >= 11 is 1.65. The molecule has 1 aromatic carbocycles. The molecule has 44 heavy (non-hydrogen) atoms. The second kappa shape index (κ2) is 17.1. The minimum absolute atomic E-state index is 0.170. The van der Waals surface area contributed by atoms with Crippen LogP contribution in [0.15, 0.2) is 30.3 Å². The molecule has 3 atom stereocenters. The second-order valence-corrected chi connectivity index (χ2v) is 13.7. The lowest BCUT2D eigenvalue weighted by molar-refractivity contribution is -0.155. The SMILES string of the molecule is CC(=O)O[C@@H](C(=O)NCCCC[C@H](NC(=O)OC(C)(C)C)C(=O)N1CCSC1)[C@@H](Cc1ccccc1)NC(=O)OC(C)(C)C. The molecule has 0 unspecified atom stereocenters. The number of thioether (sulfide) groups is 1. The van der Waals surface area contributed by atoms with Crippen LogP contribution in [0.3, 0.4) is 0 Å². The van der Waals surface area contributed by atoms with E-state index in [1.54, 1.807) is 58.2 Å². The van der Waals surface area contributed by atoms with Gasteiger partial charge in [0.2, 0.25) is 12.0 Å². The van der Waals surface area contributed by atoms with Gasteiger partial charge in [-0.25, -0.2) is 9.59 Å². The fourth-order valence-corrected chi connectivity index (χ4v) is 5.31. The molecule has 0 bridgehead atoms. The predicted octanol–water partition coefficient (Wildman–Crippen LogP) is 3.77. The zero-order valence-electron chi connectivity index (χ0n) is 26.9. The Labute approximate surface area is 264 Å². The van der Waals surface area contributed by atoms with E-state index >= 15 is 0 Å². The summed E-state index contributed by atoms with van der Waals surface area (Å²) in [5.74, 6) is -0.0130. The Balaban J connectivity index is 2.04. The summed E-state index contributed by atoms with van der Waals surface area (Å²) in [7, 11) is 0. The van der Waals surface area contributed by atoms with E-state index in [0.717, 1.165) is 11.3 Å². The molecule has 0 aromatic heterocycles. The molecule has 1 saturated heterocycles. The lowest BCUT2D eigenvalue weighted by atomic mass is 10.0. The smallest absolute Gasteiger partial charge is 0.408 e. The molecule has 1 fully saturated rings. The number of nitrogens with zero attached hydrogens (tertiary/aromatic N) is 1. The maximum absolute atomic E-state index is 13.3. The van der Waals surface area contributed by atoms with Gasteiger partial charge in [-0.2, -0.15) is 0 Å². The molecule has 1 heterocycles. The zero-order chi connectivity index (χ0) is 32.9. The van der Waals surface area contributed by atoms with E-state index in [9.17, 15) is 24.0 Å². The van der Waals surface area contributed by atoms with E-state index in [-0.39, 0.29) is 18.9 Å². The zero-order valence-corrected chi connectivity index (χ0v) is 27.7. The number of alkyl carbamates (subject to hydrolysis) is 2. The third-order valence-corrected chi connectivity index (χ3v) is 7.16. The number of rotatable bonds is 13. The van der Waals surface area contributed by atoms with Crippen LogP contribution in [0, 0.1) is 0 Å². The first-order valence-corrected chi connectivity index (χ1v) is 16.0. The molecule has 2 rings (SSSR count). The van der Waals surface area contributed by atoms with Gasteiger partial charge in [-0.1, -0.05) is 30.3 Å². The molecule has 0 saturated carbocycles. The monoisotopic (exact) mass is 636 g/mol. The number of esters is 1. The van der Waals surface area contributed by atoms with Gasteiger partial charge >= 0.3 is 18.2 Å². The standard InChI is InChI=1S/C31H48N4O8S/c1-21(36)41-25(24(19-22-13-9-8-10-14-22)34-29(40)43-31(5,6)7)26(37)32-16-12-11-15-23(27(38)35-17-18-44-20-35)33-28(39)42-30(2,3)4/h8-10,13-14,23-25H,11-12,15-20H2,1-7H3,(H,32,37)(H,33,39)(H,34,40)/t23-,24+,25+/m0/s1. The number of carbonyl (C=O) groups is 5. The molecular weight excluding hydrogens is 588 g/mol. The first kappa shape index (κ1) is 36.7. The van der Waals surface area contributed by atoms with Crippen molar-refractivity contribution in [2.45, 2.75) is 104 Å². The highest BCUT2D eigenvalue weighted by Crippen LogP contribution is 2.17. The van der Waals surface area contributed by atoms with Crippen molar-refractivity contribution in [3.05, 3.63) is 35.9 Å². The number of hydrogen-bond acceptors (Lipinski definition) is 9. The van der Waals surface area contributed by atoms with Gasteiger partial charge in [0.1, 0.15) is 17.2 Å². The lowest BCUT2D eigenvalue weighted by Gasteiger charge is -2.28. The summed E-state index contributed by atoms with van der Waals surface area (Å²) in [6, 6.07) is 7.53. The quantitative estimate of drug-likeness (QED) is 0.167. The highest BCUT2D eigenvalue weighted by molar-refractivity contribution is 7.99. The van der Waals surface area contributed by atoms with Gasteiger partial charge in [0.25, 0.3) is 5.91 Å². The Morgan fingerprint density at radius 1 is 0.909 bits per heavy atom. The number of amides is 4. The molecular formula is C31H48N4O8S. The average Bonchev–Trinajstić information content (AvgIpc) is 3.43. The maximum atomic E-state index is 13.3. The van der Waals surface area contributed by atoms with Gasteiger partial charge in [0.15, 0.2) is 0 Å². The Bertz CT molecular complexity index is 1110. The van der Waals surface area contributed by atoms with Crippen LogP contribution in [0.2, 0.25) is 0 Å². The van der Waals surface area contributed by atoms with Gasteiger partial charge in [0.05, 0.1) is 11.9 Å². The number of carbonyl (C=O) groups excluding carboxylic acids is 5. The lowest BCUT2D eigenvalue weighted by Crippen LogP contribution is -2.54. The van der Waals surface area contributed by atoms with Crippen LogP contribution in [0.4, 0.5) is 9.59 Å². The average molecular weight is 637 g/mol. The van der Waals surface area contributed by atoms with Gasteiger partial charge in [-0.3, -0.25) is 14.4 Å². The third kappa shape index (κ3) is 14.3. The Morgan fingerprint density at radius 2 is 1.52 bits per heavy atom. The number of unbranched alkanes of at least 4 members (excludes halogenated alkanes) is 1. The van der Waals surface area contributed by atoms with Crippen LogP contribution >= 0.6 is 11.8 Å². The van der Waals surface area contributed by atoms with Crippen molar-refractivity contribution in [3.8, 4) is 0 Å². The fourth-order valence-electron chi connectivity index (χ4n) is 4.36. The molecule has 3 N–H and O–H groups in total. The molecule has 0 radical (unpaired) electrons. The van der Waals surface area contributed by atoms with E-state index < -0.39 is 53.5 Å². The first-order chi connectivity index (χ1) is 20.5. The molecule has 246 valence electrons. The largest absolute Gasteiger partial charge is 0.450 e. The summed E-state index contributed by atoms with van der Waals surface area (Å²) in [5.41, 5.74) is -0.657. The van der Waals surface area contributed by atoms with Crippen LogP contribution in [0.25, 0.3) is 0 Å². The predicted molar refractivity (Wildman–Crippen MR) is 168 cm³/mol. The van der Waals surface area contributed by atoms with Crippen LogP contribution in [-0.4, -0.2) is 89.0 Å². The maximum Gasteiger partial charge on any atom is 0.408 e. The van der Waals surface area contributed by atoms with Crippen LogP contribution < -0.4 is 16.0 Å². The van der Waals surface area contributed by atoms with Gasteiger partial charge in [-0.05, 0) is 72.8 Å². The van der Waals surface area contributed by atoms with Gasteiger partial charge < -0.3 is 35.1 Å². The van der Waals surface area contributed by atoms with Crippen LogP contribution in [0.5, 0.6) is 0 Å². The molecule has 0 aliphatic carbocycles. The number of hydrogen-bond donors (Lipinski definition) is 3. The summed E-state index contributed by atoms with van der Waals surface area (Å²) < 4.78 is 16.2. The van der Waals surface area contributed by atoms with Gasteiger partial charge in [-0.15, -0.1) is 11.8 Å². The van der Waals surface area contributed by atoms with Crippen molar-refractivity contribution in [3.63, 3.8) is 0 Å². The van der Waals surface area contributed by atoms with Gasteiger partial charge in [0, 0.05) is 25.8 Å². The molecule has 1 aliphatic heterocycles. The van der Waals surface area contributed by atoms with Crippen molar-refractivity contribution in [2.75, 3.05) is 24.7 Å². The number of nitrogens with one attached hydrogen (secondary N) is 3. The van der Waals surface area contributed by atoms with Crippen LogP contribution in [-0.2, 0) is 35.0 Å². The minimum Gasteiger partial charge on any atom is -0.450 e. The molecule has 4 amide bonds. The Morgan fingerprint density at radius 3 is 2.07 bits per heavy atom. The van der Waals surface area contributed by atoms with Crippen molar-refractivity contribution in [1.29, 1.82) is 0 Å². The Hall–Kier alpha value is -3.48. The minimum atomic E-state index is -1.32. The van der Waals surface area contributed by atoms with Crippen molar-refractivity contribution < 1.29 is 38.2 Å². The fraction of sp³-hybridized carbons (Fsp3) is 0.645. The highest BCUT2D eigenvalue weighted by atomic mass is 32.2. The van der Waals surface area contributed by atoms with E-state index in [4.69, 9.17) is 14.2 Å². The Kier molecular flexibility index (Phi) is 14.3. The molecule has 1 aliphatic rings. The van der Waals surface area contributed by atoms with E-state index in [1.807, 2.05) is 30.3 Å². The van der Waals surface area contributed by atoms with E-state index in [2.05, 4.69) is 16.0 Å². The summed E-state index contributed by atoms with van der Waals surface area (Å²) in [5, 5.41) is 8.19. The number of ether oxygens (including phenoxy) is 3. The summed E-state index contributed by atoms with van der Waals surface area (Å²) in [6.45, 7) is 12.4. The topological polar surface area (TPSA) is 152 Å². The second-order valence-electron chi connectivity index (χ2n) is 12.6. The molecule has 12 nitrogen and oxygen atoms in total. The summed E-state index contributed by atoms with van der Waals surface area (Å²) in [6.07, 6.45) is -1.18. The van der Waals surface area contributed by atoms with Crippen LogP contribution in [0.1, 0.15) is 73.3 Å². The summed E-state index contributed by atoms with van der Waals surface area (Å²) in [4.78, 5) is 65.2. The normalized spacial score (nSPS) is 15.4. The first-order valence-electron chi connectivity index (χ1n) is 14.9. The number of benzene rings is 1. The third-order valence-electron chi connectivity index (χ3n) is 6.19. The van der Waals surface area contributed by atoms with Crippen molar-refractivity contribution >= 4 is 41.7 Å². The van der Waals surface area contributed by atoms with Crippen molar-refractivity contribution in [2.24, 2.45) is 0 Å². The molecule has 13 heteroatoms. The highest BCUT2D eigenvalue weighted by Gasteiger charge is 2.34. The van der Waals surface area contributed by atoms with E-state index in [0.29, 0.717) is 31.7 Å². The van der Waals surface area contributed by atoms with Crippen molar-refractivity contribution in [1.82, 2.24) is 20.9 Å². The molecule has 1 aromatic rings. The molecule has 0 spiro atoms.